The monoisotopic (exact) mass is 432 g/mol. The highest BCUT2D eigenvalue weighted by Gasteiger charge is 2.26. The van der Waals surface area contributed by atoms with Gasteiger partial charge < -0.3 is 14.5 Å². The van der Waals surface area contributed by atoms with Crippen molar-refractivity contribution < 1.29 is 14.3 Å². The summed E-state index contributed by atoms with van der Waals surface area (Å²) in [5, 5.41) is 7.24. The predicted octanol–water partition coefficient (Wildman–Crippen LogP) is 3.23. The Hall–Kier alpha value is -3.61. The van der Waals surface area contributed by atoms with Gasteiger partial charge in [0.05, 0.1) is 19.2 Å². The second kappa shape index (κ2) is 9.26. The Morgan fingerprint density at radius 2 is 1.66 bits per heavy atom. The van der Waals surface area contributed by atoms with Crippen molar-refractivity contribution in [2.24, 2.45) is 0 Å². The molecule has 0 radical (unpaired) electrons. The van der Waals surface area contributed by atoms with Crippen molar-refractivity contribution in [2.45, 2.75) is 20.3 Å². The highest BCUT2D eigenvalue weighted by atomic mass is 16.5. The maximum absolute atomic E-state index is 13.0. The third-order valence-electron chi connectivity index (χ3n) is 5.90. The Morgan fingerprint density at radius 1 is 0.969 bits per heavy atom. The number of benzene rings is 2. The SMILES string of the molecule is COc1ccc(CC(=O)N2CCN(C(=O)c3cc(-c4ccc(C)cc4C)n[nH]3)CC2)cc1. The number of nitrogens with one attached hydrogen (secondary N) is 1. The highest BCUT2D eigenvalue weighted by molar-refractivity contribution is 5.93. The summed E-state index contributed by atoms with van der Waals surface area (Å²) in [4.78, 5) is 29.2. The molecule has 0 unspecified atom stereocenters. The van der Waals surface area contributed by atoms with E-state index in [2.05, 4.69) is 23.2 Å². The molecule has 1 aliphatic rings. The maximum Gasteiger partial charge on any atom is 0.272 e. The van der Waals surface area contributed by atoms with Crippen LogP contribution in [0, 0.1) is 13.8 Å². The molecule has 1 aliphatic heterocycles. The number of aromatic nitrogens is 2. The third kappa shape index (κ3) is 4.66. The van der Waals surface area contributed by atoms with E-state index in [0.717, 1.165) is 28.1 Å². The number of rotatable bonds is 5. The van der Waals surface area contributed by atoms with Crippen molar-refractivity contribution >= 4 is 11.8 Å². The van der Waals surface area contributed by atoms with Crippen LogP contribution in [-0.2, 0) is 11.2 Å². The van der Waals surface area contributed by atoms with E-state index in [0.29, 0.717) is 38.3 Å². The Morgan fingerprint density at radius 3 is 2.31 bits per heavy atom. The lowest BCUT2D eigenvalue weighted by Crippen LogP contribution is -2.51. The quantitative estimate of drug-likeness (QED) is 0.671. The van der Waals surface area contributed by atoms with E-state index in [1.165, 1.54) is 5.56 Å². The van der Waals surface area contributed by atoms with Crippen molar-refractivity contribution in [3.8, 4) is 17.0 Å². The number of methoxy groups -OCH3 is 1. The van der Waals surface area contributed by atoms with Crippen LogP contribution in [0.3, 0.4) is 0 Å². The topological polar surface area (TPSA) is 78.5 Å². The lowest BCUT2D eigenvalue weighted by atomic mass is 10.0. The van der Waals surface area contributed by atoms with Crippen LogP contribution < -0.4 is 4.74 Å². The van der Waals surface area contributed by atoms with Gasteiger partial charge in [0.15, 0.2) is 0 Å². The van der Waals surface area contributed by atoms with Gasteiger partial charge in [-0.3, -0.25) is 14.7 Å². The molecule has 0 bridgehead atoms. The summed E-state index contributed by atoms with van der Waals surface area (Å²) >= 11 is 0. The van der Waals surface area contributed by atoms with Crippen LogP contribution >= 0.6 is 0 Å². The zero-order chi connectivity index (χ0) is 22.7. The first-order valence-corrected chi connectivity index (χ1v) is 10.8. The number of hydrogen-bond donors (Lipinski definition) is 1. The van der Waals surface area contributed by atoms with Gasteiger partial charge >= 0.3 is 0 Å². The zero-order valence-corrected chi connectivity index (χ0v) is 18.7. The Bertz CT molecular complexity index is 1110. The van der Waals surface area contributed by atoms with E-state index < -0.39 is 0 Å². The molecule has 3 aromatic rings. The highest BCUT2D eigenvalue weighted by Crippen LogP contribution is 2.23. The molecule has 0 saturated carbocycles. The first kappa shape index (κ1) is 21.6. The molecule has 2 amide bonds. The van der Waals surface area contributed by atoms with Gasteiger partial charge in [0, 0.05) is 31.7 Å². The zero-order valence-electron chi connectivity index (χ0n) is 18.7. The van der Waals surface area contributed by atoms with Crippen LogP contribution in [-0.4, -0.2) is 65.1 Å². The summed E-state index contributed by atoms with van der Waals surface area (Å²) in [6, 6.07) is 15.5. The molecule has 0 spiro atoms. The molecule has 4 rings (SSSR count). The molecule has 166 valence electrons. The number of aryl methyl sites for hydroxylation is 2. The molecule has 7 nitrogen and oxygen atoms in total. The normalized spacial score (nSPS) is 13.8. The van der Waals surface area contributed by atoms with Crippen LogP contribution in [0.15, 0.2) is 48.5 Å². The number of aromatic amines is 1. The van der Waals surface area contributed by atoms with Crippen molar-refractivity contribution in [1.29, 1.82) is 0 Å². The molecule has 7 heteroatoms. The van der Waals surface area contributed by atoms with Crippen LogP contribution in [0.4, 0.5) is 0 Å². The molecule has 0 aliphatic carbocycles. The molecule has 1 aromatic heterocycles. The number of ether oxygens (including phenoxy) is 1. The fraction of sp³-hybridized carbons (Fsp3) is 0.320. The van der Waals surface area contributed by atoms with Crippen molar-refractivity contribution in [3.05, 3.63) is 70.9 Å². The molecular weight excluding hydrogens is 404 g/mol. The third-order valence-corrected chi connectivity index (χ3v) is 5.90. The standard InChI is InChI=1S/C25H28N4O3/c1-17-4-9-21(18(2)14-17)22-16-23(27-26-22)25(31)29-12-10-28(11-13-29)24(30)15-19-5-7-20(32-3)8-6-19/h4-9,14,16H,10-13,15H2,1-3H3,(H,26,27). The fourth-order valence-corrected chi connectivity index (χ4v) is 4.03. The summed E-state index contributed by atoms with van der Waals surface area (Å²) in [6.45, 7) is 6.16. The summed E-state index contributed by atoms with van der Waals surface area (Å²) < 4.78 is 5.16. The number of piperazine rings is 1. The second-order valence-corrected chi connectivity index (χ2v) is 8.18. The summed E-state index contributed by atoms with van der Waals surface area (Å²) in [6.07, 6.45) is 0.345. The van der Waals surface area contributed by atoms with Crippen LogP contribution in [0.25, 0.3) is 11.3 Å². The lowest BCUT2D eigenvalue weighted by molar-refractivity contribution is -0.131. The minimum Gasteiger partial charge on any atom is -0.497 e. The molecule has 2 heterocycles. The second-order valence-electron chi connectivity index (χ2n) is 8.18. The van der Waals surface area contributed by atoms with Gasteiger partial charge in [0.25, 0.3) is 5.91 Å². The van der Waals surface area contributed by atoms with Crippen LogP contribution in [0.2, 0.25) is 0 Å². The molecular formula is C25H28N4O3. The minimum atomic E-state index is -0.0873. The maximum atomic E-state index is 13.0. The van der Waals surface area contributed by atoms with Gasteiger partial charge in [-0.25, -0.2) is 0 Å². The Balaban J connectivity index is 1.34. The number of carbonyl (C=O) groups excluding carboxylic acids is 2. The van der Waals surface area contributed by atoms with E-state index in [1.54, 1.807) is 18.1 Å². The van der Waals surface area contributed by atoms with Gasteiger partial charge in [0.1, 0.15) is 11.4 Å². The molecule has 1 saturated heterocycles. The fourth-order valence-electron chi connectivity index (χ4n) is 4.03. The summed E-state index contributed by atoms with van der Waals surface area (Å²) in [7, 11) is 1.62. The van der Waals surface area contributed by atoms with Gasteiger partial charge in [-0.1, -0.05) is 35.9 Å². The lowest BCUT2D eigenvalue weighted by Gasteiger charge is -2.34. The van der Waals surface area contributed by atoms with E-state index >= 15 is 0 Å². The van der Waals surface area contributed by atoms with Gasteiger partial charge in [-0.15, -0.1) is 0 Å². The Kier molecular flexibility index (Phi) is 6.25. The smallest absolute Gasteiger partial charge is 0.272 e. The Labute approximate surface area is 188 Å². The van der Waals surface area contributed by atoms with Crippen LogP contribution in [0.5, 0.6) is 5.75 Å². The van der Waals surface area contributed by atoms with E-state index in [4.69, 9.17) is 4.74 Å². The van der Waals surface area contributed by atoms with Crippen LogP contribution in [0.1, 0.15) is 27.2 Å². The number of amides is 2. The summed E-state index contributed by atoms with van der Waals surface area (Å²) in [5.74, 6) is 0.754. The number of hydrogen-bond acceptors (Lipinski definition) is 4. The molecule has 1 N–H and O–H groups in total. The van der Waals surface area contributed by atoms with Gasteiger partial charge in [0.2, 0.25) is 5.91 Å². The number of H-pyrrole nitrogens is 1. The average molecular weight is 433 g/mol. The molecule has 2 aromatic carbocycles. The summed E-state index contributed by atoms with van der Waals surface area (Å²) in [5.41, 5.74) is 5.51. The predicted molar refractivity (Wildman–Crippen MR) is 123 cm³/mol. The number of nitrogens with zero attached hydrogens (tertiary/aromatic N) is 3. The van der Waals surface area contributed by atoms with Crippen molar-refractivity contribution in [2.75, 3.05) is 33.3 Å². The van der Waals surface area contributed by atoms with E-state index in [-0.39, 0.29) is 11.8 Å². The van der Waals surface area contributed by atoms with Gasteiger partial charge in [-0.2, -0.15) is 5.10 Å². The van der Waals surface area contributed by atoms with Crippen molar-refractivity contribution in [3.63, 3.8) is 0 Å². The minimum absolute atomic E-state index is 0.0703. The molecule has 1 fully saturated rings. The first-order chi connectivity index (χ1) is 15.4. The first-order valence-electron chi connectivity index (χ1n) is 10.8. The molecule has 0 atom stereocenters. The van der Waals surface area contributed by atoms with E-state index in [9.17, 15) is 9.59 Å². The molecule has 32 heavy (non-hydrogen) atoms. The van der Waals surface area contributed by atoms with E-state index in [1.807, 2.05) is 48.2 Å². The van der Waals surface area contributed by atoms with Gasteiger partial charge in [-0.05, 0) is 43.2 Å². The number of carbonyl (C=O) groups is 2. The largest absolute Gasteiger partial charge is 0.497 e. The average Bonchev–Trinajstić information content (AvgIpc) is 3.29. The van der Waals surface area contributed by atoms with Crippen molar-refractivity contribution in [1.82, 2.24) is 20.0 Å².